The van der Waals surface area contributed by atoms with Crippen molar-refractivity contribution < 1.29 is 4.79 Å². The van der Waals surface area contributed by atoms with Gasteiger partial charge < -0.3 is 16.0 Å². The monoisotopic (exact) mass is 360 g/mol. The highest BCUT2D eigenvalue weighted by atomic mass is 32.1. The molecule has 8 heteroatoms. The van der Waals surface area contributed by atoms with Gasteiger partial charge in [0.1, 0.15) is 10.8 Å². The summed E-state index contributed by atoms with van der Waals surface area (Å²) in [6.45, 7) is 7.11. The number of aliphatic imine (C=N–C) groups is 1. The summed E-state index contributed by atoms with van der Waals surface area (Å²) in [5.74, 6) is 1.12. The molecule has 0 bridgehead atoms. The van der Waals surface area contributed by atoms with Gasteiger partial charge in [0.15, 0.2) is 5.96 Å². The number of nitrogens with one attached hydrogen (secondary N) is 3. The second kappa shape index (κ2) is 9.12. The molecule has 2 heterocycles. The van der Waals surface area contributed by atoms with Gasteiger partial charge in [0.05, 0.1) is 12.2 Å². The molecule has 0 aliphatic carbocycles. The lowest BCUT2D eigenvalue weighted by atomic mass is 10.3. The Labute approximate surface area is 152 Å². The van der Waals surface area contributed by atoms with E-state index in [4.69, 9.17) is 0 Å². The molecule has 0 fully saturated rings. The summed E-state index contributed by atoms with van der Waals surface area (Å²) in [7, 11) is 1.70. The van der Waals surface area contributed by atoms with E-state index in [1.54, 1.807) is 30.6 Å². The molecule has 0 atom stereocenters. The fourth-order valence-electron chi connectivity index (χ4n) is 2.04. The van der Waals surface area contributed by atoms with Gasteiger partial charge in [0, 0.05) is 31.1 Å². The van der Waals surface area contributed by atoms with Crippen molar-refractivity contribution in [3.05, 3.63) is 39.5 Å². The predicted octanol–water partition coefficient (Wildman–Crippen LogP) is 2.16. The summed E-state index contributed by atoms with van der Waals surface area (Å²) in [5.41, 5.74) is 2.12. The molecule has 0 aliphatic rings. The summed E-state index contributed by atoms with van der Waals surface area (Å²) >= 11 is 1.67. The van der Waals surface area contributed by atoms with Gasteiger partial charge in [-0.25, -0.2) is 9.97 Å². The molecule has 0 unspecified atom stereocenters. The van der Waals surface area contributed by atoms with Crippen molar-refractivity contribution >= 4 is 29.0 Å². The van der Waals surface area contributed by atoms with E-state index in [2.05, 4.69) is 37.8 Å². The second-order valence-electron chi connectivity index (χ2n) is 5.62. The average Bonchev–Trinajstić information content (AvgIpc) is 2.91. The summed E-state index contributed by atoms with van der Waals surface area (Å²) in [6, 6.07) is 3.70. The molecule has 0 saturated carbocycles. The summed E-state index contributed by atoms with van der Waals surface area (Å²) in [4.78, 5) is 25.9. The van der Waals surface area contributed by atoms with Crippen molar-refractivity contribution in [3.63, 3.8) is 0 Å². The first kappa shape index (κ1) is 18.9. The van der Waals surface area contributed by atoms with Gasteiger partial charge in [0.2, 0.25) is 5.91 Å². The van der Waals surface area contributed by atoms with Crippen molar-refractivity contribution in [1.29, 1.82) is 0 Å². The number of pyridine rings is 1. The normalized spacial score (nSPS) is 11.3. The molecule has 0 radical (unpaired) electrons. The smallest absolute Gasteiger partial charge is 0.227 e. The van der Waals surface area contributed by atoms with E-state index in [1.807, 2.05) is 19.9 Å². The Hall–Kier alpha value is -2.48. The van der Waals surface area contributed by atoms with Crippen LogP contribution >= 0.6 is 11.3 Å². The first-order valence-electron chi connectivity index (χ1n) is 8.08. The number of hydrogen-bond donors (Lipinski definition) is 3. The van der Waals surface area contributed by atoms with E-state index in [-0.39, 0.29) is 5.91 Å². The van der Waals surface area contributed by atoms with Crippen molar-refractivity contribution in [3.8, 4) is 0 Å². The maximum absolute atomic E-state index is 11.9. The van der Waals surface area contributed by atoms with Gasteiger partial charge in [-0.2, -0.15) is 0 Å². The topological polar surface area (TPSA) is 91.3 Å². The Balaban J connectivity index is 1.71. The Morgan fingerprint density at radius 1 is 1.24 bits per heavy atom. The van der Waals surface area contributed by atoms with Gasteiger partial charge in [-0.05, 0) is 32.4 Å². The fraction of sp³-hybridized carbons (Fsp3) is 0.412. The SMILES string of the molecule is CN=C(NCCC(=O)Nc1ccc(C)cn1)NCc1nc(C)c(C)s1. The van der Waals surface area contributed by atoms with Crippen LogP contribution in [0.4, 0.5) is 5.82 Å². The second-order valence-corrected chi connectivity index (χ2v) is 6.91. The third-order valence-electron chi connectivity index (χ3n) is 3.53. The molecular formula is C17H24N6OS. The lowest BCUT2D eigenvalue weighted by Gasteiger charge is -2.11. The molecule has 2 aromatic rings. The highest BCUT2D eigenvalue weighted by Gasteiger charge is 2.06. The maximum Gasteiger partial charge on any atom is 0.227 e. The van der Waals surface area contributed by atoms with Crippen LogP contribution in [0.15, 0.2) is 23.3 Å². The minimum Gasteiger partial charge on any atom is -0.356 e. The minimum atomic E-state index is -0.0921. The summed E-state index contributed by atoms with van der Waals surface area (Å²) in [6.07, 6.45) is 2.05. The van der Waals surface area contributed by atoms with Gasteiger partial charge in [-0.1, -0.05) is 6.07 Å². The molecule has 0 aromatic carbocycles. The van der Waals surface area contributed by atoms with Crippen LogP contribution in [0.25, 0.3) is 0 Å². The van der Waals surface area contributed by atoms with E-state index >= 15 is 0 Å². The number of aromatic nitrogens is 2. The molecule has 7 nitrogen and oxygen atoms in total. The van der Waals surface area contributed by atoms with Crippen molar-refractivity contribution in [2.45, 2.75) is 33.7 Å². The van der Waals surface area contributed by atoms with Crippen LogP contribution in [0.5, 0.6) is 0 Å². The molecule has 3 N–H and O–H groups in total. The third-order valence-corrected chi connectivity index (χ3v) is 4.60. The molecule has 134 valence electrons. The van der Waals surface area contributed by atoms with Crippen LogP contribution < -0.4 is 16.0 Å². The number of thiazole rings is 1. The number of amides is 1. The minimum absolute atomic E-state index is 0.0921. The van der Waals surface area contributed by atoms with Crippen LogP contribution in [0.3, 0.4) is 0 Å². The first-order chi connectivity index (χ1) is 12.0. The number of carbonyl (C=O) groups is 1. The maximum atomic E-state index is 11.9. The molecule has 25 heavy (non-hydrogen) atoms. The standard InChI is InChI=1S/C17H24N6OS/c1-11-5-6-14(20-9-11)23-15(24)7-8-19-17(18-4)21-10-16-22-12(2)13(3)25-16/h5-6,9H,7-8,10H2,1-4H3,(H2,18,19,21)(H,20,23,24). The molecule has 0 saturated heterocycles. The zero-order valence-corrected chi connectivity index (χ0v) is 15.8. The van der Waals surface area contributed by atoms with Gasteiger partial charge in [0.25, 0.3) is 0 Å². The number of guanidine groups is 1. The van der Waals surface area contributed by atoms with Crippen molar-refractivity contribution in [2.24, 2.45) is 4.99 Å². The zero-order chi connectivity index (χ0) is 18.2. The van der Waals surface area contributed by atoms with E-state index in [0.717, 1.165) is 16.3 Å². The van der Waals surface area contributed by atoms with Crippen LogP contribution in [-0.4, -0.2) is 35.4 Å². The van der Waals surface area contributed by atoms with Gasteiger partial charge >= 0.3 is 0 Å². The first-order valence-corrected chi connectivity index (χ1v) is 8.89. The molecule has 1 amide bonds. The highest BCUT2D eigenvalue weighted by Crippen LogP contribution is 2.15. The zero-order valence-electron chi connectivity index (χ0n) is 15.0. The van der Waals surface area contributed by atoms with E-state index in [1.165, 1.54) is 4.88 Å². The Morgan fingerprint density at radius 3 is 2.64 bits per heavy atom. The van der Waals surface area contributed by atoms with Crippen LogP contribution in [0.2, 0.25) is 0 Å². The quantitative estimate of drug-likeness (QED) is 0.542. The van der Waals surface area contributed by atoms with Crippen molar-refractivity contribution in [1.82, 2.24) is 20.6 Å². The molecule has 0 spiro atoms. The molecule has 2 aromatic heterocycles. The molecular weight excluding hydrogens is 336 g/mol. The Kier molecular flexibility index (Phi) is 6.88. The number of anilines is 1. The van der Waals surface area contributed by atoms with E-state index < -0.39 is 0 Å². The number of nitrogens with zero attached hydrogens (tertiary/aromatic N) is 3. The Morgan fingerprint density at radius 2 is 2.04 bits per heavy atom. The van der Waals surface area contributed by atoms with Crippen molar-refractivity contribution in [2.75, 3.05) is 18.9 Å². The molecule has 0 aliphatic heterocycles. The van der Waals surface area contributed by atoms with Crippen LogP contribution in [0, 0.1) is 20.8 Å². The number of carbonyl (C=O) groups excluding carboxylic acids is 1. The molecule has 2 rings (SSSR count). The summed E-state index contributed by atoms with van der Waals surface area (Å²) < 4.78 is 0. The van der Waals surface area contributed by atoms with Gasteiger partial charge in [-0.15, -0.1) is 11.3 Å². The highest BCUT2D eigenvalue weighted by molar-refractivity contribution is 7.11. The average molecular weight is 360 g/mol. The largest absolute Gasteiger partial charge is 0.356 e. The van der Waals surface area contributed by atoms with E-state index in [0.29, 0.717) is 31.3 Å². The predicted molar refractivity (Wildman–Crippen MR) is 102 cm³/mol. The van der Waals surface area contributed by atoms with Gasteiger partial charge in [-0.3, -0.25) is 9.79 Å². The number of hydrogen-bond acceptors (Lipinski definition) is 5. The lowest BCUT2D eigenvalue weighted by molar-refractivity contribution is -0.116. The number of rotatable bonds is 6. The lowest BCUT2D eigenvalue weighted by Crippen LogP contribution is -2.38. The number of aryl methyl sites for hydroxylation is 3. The van der Waals surface area contributed by atoms with Crippen LogP contribution in [-0.2, 0) is 11.3 Å². The third kappa shape index (κ3) is 6.15. The summed E-state index contributed by atoms with van der Waals surface area (Å²) in [5, 5.41) is 10.1. The fourth-order valence-corrected chi connectivity index (χ4v) is 2.91. The van der Waals surface area contributed by atoms with E-state index in [9.17, 15) is 4.79 Å². The Bertz CT molecular complexity index is 719. The van der Waals surface area contributed by atoms with Crippen LogP contribution in [0.1, 0.15) is 27.6 Å².